The summed E-state index contributed by atoms with van der Waals surface area (Å²) in [5.74, 6) is -0.697. The van der Waals surface area contributed by atoms with E-state index in [2.05, 4.69) is 9.97 Å². The van der Waals surface area contributed by atoms with Gasteiger partial charge >= 0.3 is 17.8 Å². The SMILES string of the molecule is CC[C@H]1CN(C(CC(=O)O)c2ccc(C(F)(F)F)cc2)[C@H](CC)CN1c1nc(=O)n(C)c2ccc(C#N)nc12. The van der Waals surface area contributed by atoms with E-state index in [1.54, 1.807) is 13.1 Å². The Balaban J connectivity index is 1.76. The average molecular weight is 543 g/mol. The monoisotopic (exact) mass is 542 g/mol. The summed E-state index contributed by atoms with van der Waals surface area (Å²) in [5.41, 5.74) is 0.362. The molecule has 3 atom stereocenters. The molecule has 4 rings (SSSR count). The third kappa shape index (κ3) is 5.59. The standard InChI is InChI=1S/C27H29F3N6O3/c1-4-19-15-36(25-24-21(34(3)26(39)33-25)11-10-18(13-31)32-24)20(5-2)14-35(19)22(12-23(37)38)16-6-8-17(9-7-16)27(28,29)30/h6-11,19-20,22H,4-5,12,14-15H2,1-3H3,(H,37,38)/t19-,20+,22?/m1/s1. The second-order valence-corrected chi connectivity index (χ2v) is 9.66. The lowest BCUT2D eigenvalue weighted by Crippen LogP contribution is -2.59. The van der Waals surface area contributed by atoms with Gasteiger partial charge in [0.15, 0.2) is 5.82 Å². The molecule has 3 aromatic rings. The number of hydrogen-bond acceptors (Lipinski definition) is 7. The molecule has 1 N–H and O–H groups in total. The summed E-state index contributed by atoms with van der Waals surface area (Å²) < 4.78 is 40.8. The maximum absolute atomic E-state index is 13.2. The number of alkyl halides is 3. The zero-order chi connectivity index (χ0) is 28.5. The van der Waals surface area contributed by atoms with Crippen molar-refractivity contribution in [2.75, 3.05) is 18.0 Å². The molecule has 0 radical (unpaired) electrons. The first-order valence-electron chi connectivity index (χ1n) is 12.7. The van der Waals surface area contributed by atoms with Gasteiger partial charge in [-0.25, -0.2) is 9.78 Å². The molecule has 2 aromatic heterocycles. The first kappa shape index (κ1) is 28.0. The van der Waals surface area contributed by atoms with E-state index in [0.29, 0.717) is 48.3 Å². The Morgan fingerprint density at radius 2 is 1.77 bits per heavy atom. The lowest BCUT2D eigenvalue weighted by atomic mass is 9.94. The van der Waals surface area contributed by atoms with Crippen molar-refractivity contribution in [3.63, 3.8) is 0 Å². The number of aliphatic carboxylic acids is 1. The van der Waals surface area contributed by atoms with E-state index in [1.165, 1.54) is 22.8 Å². The number of fused-ring (bicyclic) bond motifs is 1. The zero-order valence-corrected chi connectivity index (χ0v) is 21.8. The number of carbonyl (C=O) groups is 1. The summed E-state index contributed by atoms with van der Waals surface area (Å²) in [6.07, 6.45) is -3.54. The van der Waals surface area contributed by atoms with Crippen LogP contribution in [0.3, 0.4) is 0 Å². The number of aromatic nitrogens is 3. The smallest absolute Gasteiger partial charge is 0.416 e. The molecule has 0 saturated carbocycles. The van der Waals surface area contributed by atoms with Crippen molar-refractivity contribution in [2.24, 2.45) is 7.05 Å². The fraction of sp³-hybridized carbons (Fsp3) is 0.444. The summed E-state index contributed by atoms with van der Waals surface area (Å²) in [6.45, 7) is 4.70. The van der Waals surface area contributed by atoms with Crippen LogP contribution >= 0.6 is 0 Å². The van der Waals surface area contributed by atoms with Gasteiger partial charge in [-0.05, 0) is 42.7 Å². The van der Waals surface area contributed by atoms with Crippen molar-refractivity contribution in [3.8, 4) is 6.07 Å². The van der Waals surface area contributed by atoms with Crippen molar-refractivity contribution in [1.29, 1.82) is 5.26 Å². The van der Waals surface area contributed by atoms with Gasteiger partial charge in [-0.1, -0.05) is 26.0 Å². The Hall–Kier alpha value is -3.98. The van der Waals surface area contributed by atoms with E-state index in [-0.39, 0.29) is 24.2 Å². The highest BCUT2D eigenvalue weighted by atomic mass is 19.4. The number of carboxylic acid groups (broad SMARTS) is 1. The topological polar surface area (TPSA) is 115 Å². The van der Waals surface area contributed by atoms with Crippen LogP contribution in [0.1, 0.15) is 56.0 Å². The van der Waals surface area contributed by atoms with Crippen LogP contribution in [0.4, 0.5) is 19.0 Å². The van der Waals surface area contributed by atoms with Gasteiger partial charge in [0, 0.05) is 38.3 Å². The van der Waals surface area contributed by atoms with Crippen LogP contribution in [0.15, 0.2) is 41.2 Å². The number of carboxylic acids is 1. The maximum Gasteiger partial charge on any atom is 0.416 e. The molecule has 1 aromatic carbocycles. The minimum Gasteiger partial charge on any atom is -0.481 e. The van der Waals surface area contributed by atoms with Crippen molar-refractivity contribution in [1.82, 2.24) is 19.4 Å². The molecule has 1 fully saturated rings. The molecular formula is C27H29F3N6O3. The van der Waals surface area contributed by atoms with Crippen molar-refractivity contribution in [3.05, 3.63) is 63.7 Å². The second kappa shape index (κ2) is 11.0. The van der Waals surface area contributed by atoms with Gasteiger partial charge in [-0.3, -0.25) is 14.3 Å². The predicted molar refractivity (Wildman–Crippen MR) is 138 cm³/mol. The quantitative estimate of drug-likeness (QED) is 0.474. The van der Waals surface area contributed by atoms with Gasteiger partial charge in [-0.2, -0.15) is 23.4 Å². The van der Waals surface area contributed by atoms with Crippen LogP contribution in [0.5, 0.6) is 0 Å². The summed E-state index contributed by atoms with van der Waals surface area (Å²) in [5, 5.41) is 19.1. The Kier molecular flexibility index (Phi) is 7.92. The molecule has 9 nitrogen and oxygen atoms in total. The lowest BCUT2D eigenvalue weighted by Gasteiger charge is -2.49. The van der Waals surface area contributed by atoms with Gasteiger partial charge in [-0.15, -0.1) is 0 Å². The first-order valence-corrected chi connectivity index (χ1v) is 12.7. The van der Waals surface area contributed by atoms with E-state index >= 15 is 0 Å². The number of benzene rings is 1. The molecule has 1 unspecified atom stereocenters. The molecule has 0 aliphatic carbocycles. The highest BCUT2D eigenvalue weighted by Gasteiger charge is 2.39. The van der Waals surface area contributed by atoms with Crippen LogP contribution in [-0.4, -0.2) is 55.7 Å². The Bertz CT molecular complexity index is 1470. The number of nitriles is 1. The van der Waals surface area contributed by atoms with Crippen molar-refractivity contribution >= 4 is 22.8 Å². The van der Waals surface area contributed by atoms with E-state index in [4.69, 9.17) is 0 Å². The molecule has 1 aliphatic rings. The van der Waals surface area contributed by atoms with E-state index in [0.717, 1.165) is 12.1 Å². The molecule has 12 heteroatoms. The molecule has 3 heterocycles. The van der Waals surface area contributed by atoms with E-state index in [1.807, 2.05) is 29.7 Å². The van der Waals surface area contributed by atoms with Crippen LogP contribution in [0.2, 0.25) is 0 Å². The molecule has 0 spiro atoms. The van der Waals surface area contributed by atoms with Crippen LogP contribution in [-0.2, 0) is 18.0 Å². The maximum atomic E-state index is 13.2. The number of hydrogen-bond donors (Lipinski definition) is 1. The minimum atomic E-state index is -4.49. The molecular weight excluding hydrogens is 513 g/mol. The normalized spacial score (nSPS) is 19.2. The molecule has 1 aliphatic heterocycles. The van der Waals surface area contributed by atoms with Gasteiger partial charge in [0.25, 0.3) is 0 Å². The number of pyridine rings is 1. The highest BCUT2D eigenvalue weighted by Crippen LogP contribution is 2.36. The van der Waals surface area contributed by atoms with Crippen LogP contribution in [0.25, 0.3) is 11.0 Å². The second-order valence-electron chi connectivity index (χ2n) is 9.66. The number of halogens is 3. The van der Waals surface area contributed by atoms with Crippen LogP contribution < -0.4 is 10.6 Å². The van der Waals surface area contributed by atoms with Crippen molar-refractivity contribution in [2.45, 2.75) is 57.4 Å². The number of nitrogens with zero attached hydrogens (tertiary/aromatic N) is 6. The summed E-state index contributed by atoms with van der Waals surface area (Å²) >= 11 is 0. The van der Waals surface area contributed by atoms with E-state index < -0.39 is 29.4 Å². The van der Waals surface area contributed by atoms with Gasteiger partial charge in [0.1, 0.15) is 17.3 Å². The molecule has 0 amide bonds. The molecule has 1 saturated heterocycles. The molecule has 206 valence electrons. The minimum absolute atomic E-state index is 0.187. The van der Waals surface area contributed by atoms with Gasteiger partial charge in [0.05, 0.1) is 17.5 Å². The summed E-state index contributed by atoms with van der Waals surface area (Å²) in [4.78, 5) is 37.4. The third-order valence-electron chi connectivity index (χ3n) is 7.39. The summed E-state index contributed by atoms with van der Waals surface area (Å²) in [7, 11) is 1.58. The Morgan fingerprint density at radius 3 is 2.33 bits per heavy atom. The molecule has 0 bridgehead atoms. The third-order valence-corrected chi connectivity index (χ3v) is 7.39. The van der Waals surface area contributed by atoms with E-state index in [9.17, 15) is 33.1 Å². The number of aryl methyl sites for hydroxylation is 1. The average Bonchev–Trinajstić information content (AvgIpc) is 2.92. The Labute approximate surface area is 223 Å². The molecule has 39 heavy (non-hydrogen) atoms. The largest absolute Gasteiger partial charge is 0.481 e. The first-order chi connectivity index (χ1) is 18.5. The van der Waals surface area contributed by atoms with Gasteiger partial charge in [0.2, 0.25) is 0 Å². The fourth-order valence-electron chi connectivity index (χ4n) is 5.28. The fourth-order valence-corrected chi connectivity index (χ4v) is 5.28. The lowest BCUT2D eigenvalue weighted by molar-refractivity contribution is -0.139. The zero-order valence-electron chi connectivity index (χ0n) is 21.8. The summed E-state index contributed by atoms with van der Waals surface area (Å²) in [6, 6.07) is 8.83. The predicted octanol–water partition coefficient (Wildman–Crippen LogP) is 4.11. The number of piperazine rings is 1. The number of rotatable bonds is 7. The highest BCUT2D eigenvalue weighted by molar-refractivity contribution is 5.86. The van der Waals surface area contributed by atoms with Crippen LogP contribution in [0, 0.1) is 11.3 Å². The number of anilines is 1. The van der Waals surface area contributed by atoms with Crippen molar-refractivity contribution < 1.29 is 23.1 Å². The van der Waals surface area contributed by atoms with Gasteiger partial charge < -0.3 is 10.0 Å². The Morgan fingerprint density at radius 1 is 1.10 bits per heavy atom.